The van der Waals surface area contributed by atoms with E-state index in [4.69, 9.17) is 10.00 Å². The number of benzene rings is 1. The zero-order chi connectivity index (χ0) is 20.7. The van der Waals surface area contributed by atoms with Gasteiger partial charge in [-0.25, -0.2) is 4.79 Å². The second-order valence-electron chi connectivity index (χ2n) is 6.16. The third-order valence-corrected chi connectivity index (χ3v) is 6.75. The predicted octanol–water partition coefficient (Wildman–Crippen LogP) is 5.49. The topological polar surface area (TPSA) is 79.2 Å². The summed E-state index contributed by atoms with van der Waals surface area (Å²) in [6.07, 6.45) is 0.217. The average molecular weight is 435 g/mol. The van der Waals surface area contributed by atoms with Gasteiger partial charge in [0.05, 0.1) is 17.9 Å². The molecule has 0 aliphatic carbocycles. The Labute approximate surface area is 177 Å². The molecule has 28 heavy (non-hydrogen) atoms. The molecule has 1 aromatic carbocycles. The molecule has 1 N–H and O–H groups in total. The van der Waals surface area contributed by atoms with Crippen LogP contribution in [0, 0.1) is 17.6 Å². The van der Waals surface area contributed by atoms with Crippen molar-refractivity contribution in [2.75, 3.05) is 11.9 Å². The first kappa shape index (κ1) is 22.3. The van der Waals surface area contributed by atoms with Crippen LogP contribution in [-0.2, 0) is 16.0 Å². The number of carbonyl (C=O) groups is 2. The van der Waals surface area contributed by atoms with Crippen LogP contribution in [0.1, 0.15) is 41.6 Å². The van der Waals surface area contributed by atoms with Crippen molar-refractivity contribution in [2.45, 2.75) is 49.2 Å². The highest BCUT2D eigenvalue weighted by atomic mass is 32.2. The van der Waals surface area contributed by atoms with Crippen LogP contribution in [0.4, 0.5) is 5.00 Å². The smallest absolute Gasteiger partial charge is 0.348 e. The molecule has 8 heteroatoms. The first-order chi connectivity index (χ1) is 13.3. The van der Waals surface area contributed by atoms with E-state index in [1.165, 1.54) is 4.90 Å². The number of amides is 1. The molecule has 0 aliphatic rings. The minimum Gasteiger partial charge on any atom is -0.462 e. The molecular formula is C20H22N2O3S3. The van der Waals surface area contributed by atoms with Gasteiger partial charge in [0.15, 0.2) is 0 Å². The summed E-state index contributed by atoms with van der Waals surface area (Å²) in [4.78, 5) is 26.8. The molecule has 0 aliphatic heterocycles. The molecule has 0 unspecified atom stereocenters. The number of rotatable bonds is 8. The van der Waals surface area contributed by atoms with Crippen molar-refractivity contribution >= 4 is 51.7 Å². The summed E-state index contributed by atoms with van der Waals surface area (Å²) in [5.74, 6) is -0.635. The van der Waals surface area contributed by atoms with Crippen LogP contribution in [0.3, 0.4) is 0 Å². The van der Waals surface area contributed by atoms with Gasteiger partial charge < -0.3 is 10.1 Å². The van der Waals surface area contributed by atoms with Crippen LogP contribution in [0.15, 0.2) is 34.1 Å². The summed E-state index contributed by atoms with van der Waals surface area (Å²) in [6, 6.07) is 7.91. The maximum Gasteiger partial charge on any atom is 0.348 e. The number of nitriles is 1. The number of thioether (sulfide) groups is 2. The van der Waals surface area contributed by atoms with E-state index in [0.29, 0.717) is 25.6 Å². The van der Waals surface area contributed by atoms with E-state index in [1.54, 1.807) is 25.6 Å². The fourth-order valence-electron chi connectivity index (χ4n) is 2.45. The van der Waals surface area contributed by atoms with Gasteiger partial charge in [0.2, 0.25) is 5.91 Å². The Balaban J connectivity index is 2.13. The maximum atomic E-state index is 12.5. The van der Waals surface area contributed by atoms with Crippen LogP contribution >= 0.6 is 34.9 Å². The summed E-state index contributed by atoms with van der Waals surface area (Å²) in [7, 11) is 0. The second-order valence-corrected chi connectivity index (χ2v) is 9.63. The molecule has 1 amide bonds. The molecule has 1 aromatic heterocycles. The van der Waals surface area contributed by atoms with E-state index in [1.807, 2.05) is 29.7 Å². The van der Waals surface area contributed by atoms with Crippen molar-refractivity contribution in [1.29, 1.82) is 5.26 Å². The number of thiophene rings is 1. The van der Waals surface area contributed by atoms with E-state index in [2.05, 4.69) is 19.2 Å². The number of nitrogens with one attached hydrogen (secondary N) is 1. The first-order valence-electron chi connectivity index (χ1n) is 8.77. The summed E-state index contributed by atoms with van der Waals surface area (Å²) in [6.45, 7) is 8.03. The summed E-state index contributed by atoms with van der Waals surface area (Å²) in [5, 5.41) is 14.9. The first-order valence-corrected chi connectivity index (χ1v) is 11.3. The zero-order valence-corrected chi connectivity index (χ0v) is 18.6. The molecule has 2 rings (SSSR count). The lowest BCUT2D eigenvalue weighted by Gasteiger charge is -2.07. The third-order valence-electron chi connectivity index (χ3n) is 3.61. The normalized spacial score (nSPS) is 10.6. The third kappa shape index (κ3) is 6.03. The number of nitrogens with zero attached hydrogens (tertiary/aromatic N) is 1. The van der Waals surface area contributed by atoms with Crippen molar-refractivity contribution in [3.63, 3.8) is 0 Å². The number of hydrogen-bond acceptors (Lipinski definition) is 7. The van der Waals surface area contributed by atoms with Crippen molar-refractivity contribution in [3.05, 3.63) is 40.3 Å². The molecule has 0 radical (unpaired) electrons. The SMILES string of the molecule is CCOC(=O)c1sc(NC(=O)Cc2ccc(SC(C)C)cc2)c(SC#N)c1C. The Bertz CT molecular complexity index is 883. The largest absolute Gasteiger partial charge is 0.462 e. The number of anilines is 1. The highest BCUT2D eigenvalue weighted by Gasteiger charge is 2.22. The highest BCUT2D eigenvalue weighted by Crippen LogP contribution is 2.40. The van der Waals surface area contributed by atoms with Crippen LogP contribution < -0.4 is 5.32 Å². The lowest BCUT2D eigenvalue weighted by atomic mass is 10.1. The lowest BCUT2D eigenvalue weighted by molar-refractivity contribution is -0.115. The van der Waals surface area contributed by atoms with Crippen molar-refractivity contribution in [1.82, 2.24) is 0 Å². The molecule has 0 spiro atoms. The Morgan fingerprint density at radius 3 is 2.54 bits per heavy atom. The fraction of sp³-hybridized carbons (Fsp3) is 0.350. The van der Waals surface area contributed by atoms with Crippen molar-refractivity contribution in [3.8, 4) is 5.40 Å². The standard InChI is InChI=1S/C20H22N2O3S3/c1-5-25-20(24)18-13(4)17(26-11-21)19(28-18)22-16(23)10-14-6-8-15(9-7-14)27-12(2)3/h6-9,12H,5,10H2,1-4H3,(H,22,23). The number of ether oxygens (including phenoxy) is 1. The van der Waals surface area contributed by atoms with E-state index in [9.17, 15) is 9.59 Å². The lowest BCUT2D eigenvalue weighted by Crippen LogP contribution is -2.14. The van der Waals surface area contributed by atoms with E-state index in [0.717, 1.165) is 28.7 Å². The zero-order valence-electron chi connectivity index (χ0n) is 16.2. The maximum absolute atomic E-state index is 12.5. The minimum atomic E-state index is -0.441. The van der Waals surface area contributed by atoms with Gasteiger partial charge in [0, 0.05) is 10.1 Å². The van der Waals surface area contributed by atoms with Gasteiger partial charge >= 0.3 is 5.97 Å². The van der Waals surface area contributed by atoms with Crippen LogP contribution in [0.5, 0.6) is 0 Å². The molecule has 0 fully saturated rings. The molecule has 0 saturated carbocycles. The van der Waals surface area contributed by atoms with Gasteiger partial charge in [-0.1, -0.05) is 26.0 Å². The predicted molar refractivity (Wildman–Crippen MR) is 116 cm³/mol. The van der Waals surface area contributed by atoms with E-state index >= 15 is 0 Å². The average Bonchev–Trinajstić information content (AvgIpc) is 2.93. The molecule has 5 nitrogen and oxygen atoms in total. The van der Waals surface area contributed by atoms with Gasteiger partial charge in [-0.15, -0.1) is 23.1 Å². The Morgan fingerprint density at radius 1 is 1.29 bits per heavy atom. The Kier molecular flexibility index (Phi) is 8.42. The van der Waals surface area contributed by atoms with Crippen molar-refractivity contribution < 1.29 is 14.3 Å². The second kappa shape index (κ2) is 10.6. The molecule has 2 aromatic rings. The van der Waals surface area contributed by atoms with Gasteiger partial charge in [-0.3, -0.25) is 4.79 Å². The van der Waals surface area contributed by atoms with Gasteiger partial charge in [-0.05, 0) is 48.9 Å². The van der Waals surface area contributed by atoms with Crippen LogP contribution in [0.25, 0.3) is 0 Å². The van der Waals surface area contributed by atoms with Gasteiger partial charge in [-0.2, -0.15) is 5.26 Å². The van der Waals surface area contributed by atoms with Gasteiger partial charge in [0.25, 0.3) is 0 Å². The number of hydrogen-bond donors (Lipinski definition) is 1. The summed E-state index contributed by atoms with van der Waals surface area (Å²) >= 11 is 3.84. The van der Waals surface area contributed by atoms with E-state index < -0.39 is 5.97 Å². The Morgan fingerprint density at radius 2 is 1.96 bits per heavy atom. The number of thiocyanates is 1. The number of esters is 1. The monoisotopic (exact) mass is 434 g/mol. The quantitative estimate of drug-likeness (QED) is 0.336. The highest BCUT2D eigenvalue weighted by molar-refractivity contribution is 8.04. The Hall–Kier alpha value is -1.95. The number of carbonyl (C=O) groups excluding carboxylic acids is 2. The fourth-order valence-corrected chi connectivity index (χ4v) is 5.11. The molecular weight excluding hydrogens is 412 g/mol. The summed E-state index contributed by atoms with van der Waals surface area (Å²) in [5.41, 5.74) is 1.55. The minimum absolute atomic E-state index is 0.194. The molecule has 1 heterocycles. The van der Waals surface area contributed by atoms with E-state index in [-0.39, 0.29) is 18.9 Å². The van der Waals surface area contributed by atoms with Crippen molar-refractivity contribution in [2.24, 2.45) is 0 Å². The van der Waals surface area contributed by atoms with Gasteiger partial charge in [0.1, 0.15) is 15.3 Å². The molecule has 0 bridgehead atoms. The van der Waals surface area contributed by atoms with Crippen LogP contribution in [0.2, 0.25) is 0 Å². The van der Waals surface area contributed by atoms with Crippen LogP contribution in [-0.4, -0.2) is 23.7 Å². The molecule has 0 atom stereocenters. The summed E-state index contributed by atoms with van der Waals surface area (Å²) < 4.78 is 5.06. The molecule has 0 saturated heterocycles. The molecule has 148 valence electrons.